The van der Waals surface area contributed by atoms with Crippen LogP contribution in [-0.4, -0.2) is 48.6 Å². The average molecular weight is 395 g/mol. The lowest BCUT2D eigenvalue weighted by Crippen LogP contribution is -2.42. The molecule has 0 bridgehead atoms. The number of rotatable bonds is 5. The van der Waals surface area contributed by atoms with Crippen molar-refractivity contribution in [1.29, 1.82) is 0 Å². The van der Waals surface area contributed by atoms with Gasteiger partial charge in [-0.15, -0.1) is 0 Å². The van der Waals surface area contributed by atoms with Gasteiger partial charge in [-0.3, -0.25) is 4.90 Å². The molecule has 0 saturated heterocycles. The van der Waals surface area contributed by atoms with E-state index in [4.69, 9.17) is 0 Å². The zero-order valence-corrected chi connectivity index (χ0v) is 17.5. The van der Waals surface area contributed by atoms with E-state index in [1.165, 1.54) is 23.1 Å². The number of carbonyl (C=O) groups is 1. The van der Waals surface area contributed by atoms with Crippen molar-refractivity contribution in [3.8, 4) is 0 Å². The zero-order chi connectivity index (χ0) is 20.5. The van der Waals surface area contributed by atoms with Crippen LogP contribution in [0.2, 0.25) is 0 Å². The van der Waals surface area contributed by atoms with E-state index in [9.17, 15) is 9.90 Å². The normalized spacial score (nSPS) is 20.8. The summed E-state index contributed by atoms with van der Waals surface area (Å²) in [5.41, 5.74) is 3.82. The Kier molecular flexibility index (Phi) is 7.99. The molecule has 1 aliphatic carbocycles. The fourth-order valence-corrected chi connectivity index (χ4v) is 4.51. The first-order valence-corrected chi connectivity index (χ1v) is 10.8. The molecule has 2 aromatic carbocycles. The third kappa shape index (κ3) is 5.99. The van der Waals surface area contributed by atoms with Gasteiger partial charge in [0.1, 0.15) is 6.29 Å². The Hall–Kier alpha value is -2.01. The molecule has 0 spiro atoms. The smallest absolute Gasteiger partial charge is 0.133 e. The number of aliphatic hydroxyl groups is 1. The summed E-state index contributed by atoms with van der Waals surface area (Å²) in [4.78, 5) is 12.4. The fraction of sp³-hybridized carbons (Fsp3) is 0.480. The molecule has 29 heavy (non-hydrogen) atoms. The van der Waals surface area contributed by atoms with Crippen molar-refractivity contribution in [2.75, 3.05) is 26.7 Å². The molecular weight excluding hydrogens is 360 g/mol. The number of nitrogens with zero attached hydrogens (tertiary/aromatic N) is 1. The molecule has 4 nitrogen and oxygen atoms in total. The number of hydrogen-bond acceptors (Lipinski definition) is 4. The van der Waals surface area contributed by atoms with E-state index in [1.807, 2.05) is 0 Å². The topological polar surface area (TPSA) is 52.6 Å². The van der Waals surface area contributed by atoms with Crippen LogP contribution in [0, 0.1) is 0 Å². The lowest BCUT2D eigenvalue weighted by molar-refractivity contribution is -0.107. The SMILES string of the molecule is CN1CCc2ccccc2C1c1ccccc1.O=CCNCC1(O)CCCCC1. The molecule has 0 radical (unpaired) electrons. The second-order valence-electron chi connectivity index (χ2n) is 8.33. The molecule has 2 N–H and O–H groups in total. The second kappa shape index (κ2) is 10.7. The summed E-state index contributed by atoms with van der Waals surface area (Å²) in [6, 6.07) is 20.0. The Morgan fingerprint density at radius 1 is 1.07 bits per heavy atom. The Balaban J connectivity index is 0.000000177. The van der Waals surface area contributed by atoms with E-state index >= 15 is 0 Å². The maximum atomic E-state index is 10.0. The van der Waals surface area contributed by atoms with Crippen molar-refractivity contribution in [3.05, 3.63) is 71.3 Å². The van der Waals surface area contributed by atoms with Crippen LogP contribution < -0.4 is 5.32 Å². The van der Waals surface area contributed by atoms with E-state index in [0.29, 0.717) is 19.1 Å². The van der Waals surface area contributed by atoms with Gasteiger partial charge in [-0.05, 0) is 43.0 Å². The molecule has 1 saturated carbocycles. The van der Waals surface area contributed by atoms with Crippen molar-refractivity contribution < 1.29 is 9.90 Å². The quantitative estimate of drug-likeness (QED) is 0.599. The van der Waals surface area contributed by atoms with Gasteiger partial charge >= 0.3 is 0 Å². The van der Waals surface area contributed by atoms with Crippen molar-refractivity contribution in [2.24, 2.45) is 0 Å². The summed E-state index contributed by atoms with van der Waals surface area (Å²) in [6.07, 6.45) is 7.19. The van der Waals surface area contributed by atoms with E-state index in [0.717, 1.165) is 44.9 Å². The van der Waals surface area contributed by atoms with E-state index < -0.39 is 5.60 Å². The molecular formula is C25H34N2O2. The lowest BCUT2D eigenvalue weighted by atomic mass is 9.85. The molecule has 4 rings (SSSR count). The van der Waals surface area contributed by atoms with Crippen LogP contribution in [0.25, 0.3) is 0 Å². The van der Waals surface area contributed by atoms with E-state index in [-0.39, 0.29) is 0 Å². The van der Waals surface area contributed by atoms with Crippen LogP contribution in [-0.2, 0) is 11.2 Å². The molecule has 0 amide bonds. The first-order valence-electron chi connectivity index (χ1n) is 10.8. The van der Waals surface area contributed by atoms with E-state index in [2.05, 4.69) is 71.9 Å². The average Bonchev–Trinajstić information content (AvgIpc) is 2.75. The maximum absolute atomic E-state index is 10.0. The van der Waals surface area contributed by atoms with Gasteiger partial charge in [-0.2, -0.15) is 0 Å². The highest BCUT2D eigenvalue weighted by atomic mass is 16.3. The summed E-state index contributed by atoms with van der Waals surface area (Å²) in [6.45, 7) is 2.05. The van der Waals surface area contributed by atoms with Gasteiger partial charge in [0, 0.05) is 13.1 Å². The standard InChI is InChI=1S/C16H17N.C9H17NO2/c1-17-12-11-13-7-5-6-10-15(13)16(17)14-8-3-2-4-9-14;11-7-6-10-8-9(12)4-2-1-3-5-9/h2-10,16H,11-12H2,1H3;7,10,12H,1-6,8H2. The summed E-state index contributed by atoms with van der Waals surface area (Å²) < 4.78 is 0. The highest BCUT2D eigenvalue weighted by Gasteiger charge is 2.28. The van der Waals surface area contributed by atoms with Gasteiger partial charge in [-0.25, -0.2) is 0 Å². The summed E-state index contributed by atoms with van der Waals surface area (Å²) in [5, 5.41) is 12.8. The van der Waals surface area contributed by atoms with Gasteiger partial charge < -0.3 is 15.2 Å². The highest BCUT2D eigenvalue weighted by Crippen LogP contribution is 2.33. The third-order valence-electron chi connectivity index (χ3n) is 6.11. The number of benzene rings is 2. The summed E-state index contributed by atoms with van der Waals surface area (Å²) in [5.74, 6) is 0. The van der Waals surface area contributed by atoms with Crippen LogP contribution in [0.1, 0.15) is 54.8 Å². The number of likely N-dealkylation sites (N-methyl/N-ethyl adjacent to an activating group) is 1. The molecule has 4 heteroatoms. The summed E-state index contributed by atoms with van der Waals surface area (Å²) >= 11 is 0. The van der Waals surface area contributed by atoms with Gasteiger partial charge in [-0.1, -0.05) is 73.9 Å². The predicted octanol–water partition coefficient (Wildman–Crippen LogP) is 3.73. The first-order chi connectivity index (χ1) is 14.1. The molecule has 0 aromatic heterocycles. The molecule has 1 unspecified atom stereocenters. The Morgan fingerprint density at radius 2 is 1.76 bits per heavy atom. The molecule has 1 heterocycles. The molecule has 2 aliphatic rings. The molecule has 156 valence electrons. The monoisotopic (exact) mass is 394 g/mol. The fourth-order valence-electron chi connectivity index (χ4n) is 4.51. The molecule has 1 atom stereocenters. The Bertz CT molecular complexity index is 756. The second-order valence-corrected chi connectivity index (χ2v) is 8.33. The van der Waals surface area contributed by atoms with Crippen LogP contribution in [0.3, 0.4) is 0 Å². The summed E-state index contributed by atoms with van der Waals surface area (Å²) in [7, 11) is 2.22. The third-order valence-corrected chi connectivity index (χ3v) is 6.11. The molecule has 1 fully saturated rings. The van der Waals surface area contributed by atoms with Gasteiger partial charge in [0.25, 0.3) is 0 Å². The number of fused-ring (bicyclic) bond motifs is 1. The van der Waals surface area contributed by atoms with Crippen LogP contribution in [0.5, 0.6) is 0 Å². The number of carbonyl (C=O) groups excluding carboxylic acids is 1. The van der Waals surface area contributed by atoms with Crippen LogP contribution >= 0.6 is 0 Å². The van der Waals surface area contributed by atoms with Crippen LogP contribution in [0.4, 0.5) is 0 Å². The van der Waals surface area contributed by atoms with Gasteiger partial charge in [0.15, 0.2) is 0 Å². The van der Waals surface area contributed by atoms with Crippen molar-refractivity contribution in [1.82, 2.24) is 10.2 Å². The van der Waals surface area contributed by atoms with E-state index in [1.54, 1.807) is 0 Å². The number of nitrogens with one attached hydrogen (secondary N) is 1. The lowest BCUT2D eigenvalue weighted by Gasteiger charge is -2.35. The van der Waals surface area contributed by atoms with Gasteiger partial charge in [0.2, 0.25) is 0 Å². The largest absolute Gasteiger partial charge is 0.389 e. The maximum Gasteiger partial charge on any atom is 0.133 e. The Morgan fingerprint density at radius 3 is 2.48 bits per heavy atom. The van der Waals surface area contributed by atoms with Crippen molar-refractivity contribution >= 4 is 6.29 Å². The zero-order valence-electron chi connectivity index (χ0n) is 17.5. The first kappa shape index (κ1) is 21.7. The van der Waals surface area contributed by atoms with Crippen LogP contribution in [0.15, 0.2) is 54.6 Å². The van der Waals surface area contributed by atoms with Gasteiger partial charge in [0.05, 0.1) is 18.2 Å². The predicted molar refractivity (Wildman–Crippen MR) is 118 cm³/mol. The minimum Gasteiger partial charge on any atom is -0.389 e. The van der Waals surface area contributed by atoms with Crippen molar-refractivity contribution in [2.45, 2.75) is 50.2 Å². The molecule has 1 aliphatic heterocycles. The molecule has 2 aromatic rings. The minimum atomic E-state index is -0.540. The number of hydrogen-bond donors (Lipinski definition) is 2. The Labute approximate surface area is 174 Å². The number of aldehydes is 1. The minimum absolute atomic E-state index is 0.350. The van der Waals surface area contributed by atoms with Crippen molar-refractivity contribution in [3.63, 3.8) is 0 Å². The highest BCUT2D eigenvalue weighted by molar-refractivity contribution is 5.51.